The van der Waals surface area contributed by atoms with Gasteiger partial charge >= 0.3 is 0 Å². The summed E-state index contributed by atoms with van der Waals surface area (Å²) in [4.78, 5) is 42.4. The maximum atomic E-state index is 12.9. The van der Waals surface area contributed by atoms with E-state index in [2.05, 4.69) is 118 Å². The van der Waals surface area contributed by atoms with Gasteiger partial charge in [-0.1, -0.05) is 36.4 Å². The van der Waals surface area contributed by atoms with E-state index in [0.717, 1.165) is 113 Å². The number of hydrogen-bond donors (Lipinski definition) is 7. The third-order valence-electron chi connectivity index (χ3n) is 12.8. The van der Waals surface area contributed by atoms with E-state index in [1.165, 1.54) is 11.3 Å². The second-order valence-corrected chi connectivity index (χ2v) is 19.7. The van der Waals surface area contributed by atoms with Crippen LogP contribution in [0.4, 0.5) is 22.9 Å². The van der Waals surface area contributed by atoms with E-state index in [1.54, 1.807) is 0 Å². The molecule has 0 spiro atoms. The first-order valence-corrected chi connectivity index (χ1v) is 24.4. The third-order valence-corrected chi connectivity index (χ3v) is 13.9. The molecule has 0 aliphatic carbocycles. The third kappa shape index (κ3) is 8.00. The Morgan fingerprint density at radius 2 is 1.59 bits per heavy atom. The summed E-state index contributed by atoms with van der Waals surface area (Å²) in [6, 6.07) is 39.3. The van der Waals surface area contributed by atoms with Crippen molar-refractivity contribution in [2.24, 2.45) is 0 Å². The second-order valence-electron chi connectivity index (χ2n) is 18.6. The Balaban J connectivity index is 0.851. The minimum atomic E-state index is -0.0998. The van der Waals surface area contributed by atoms with E-state index in [4.69, 9.17) is 15.1 Å². The number of aromatic amines is 3. The molecule has 1 fully saturated rings. The molecule has 1 aliphatic heterocycles. The maximum absolute atomic E-state index is 12.9. The first-order valence-electron chi connectivity index (χ1n) is 23.5. The highest BCUT2D eigenvalue weighted by molar-refractivity contribution is 7.20. The average molecular weight is 944 g/mol. The zero-order valence-corrected chi connectivity index (χ0v) is 39.7. The van der Waals surface area contributed by atoms with Crippen LogP contribution in [-0.4, -0.2) is 82.9 Å². The summed E-state index contributed by atoms with van der Waals surface area (Å²) in [5, 5.41) is 34.1. The van der Waals surface area contributed by atoms with Crippen LogP contribution >= 0.6 is 11.3 Å². The van der Waals surface area contributed by atoms with Crippen molar-refractivity contribution in [2.75, 3.05) is 28.6 Å². The second kappa shape index (κ2) is 17.2. The molecule has 7 heterocycles. The Morgan fingerprint density at radius 1 is 0.743 bits per heavy atom. The predicted octanol–water partition coefficient (Wildman–Crippen LogP) is 10.9. The van der Waals surface area contributed by atoms with Gasteiger partial charge < -0.3 is 35.7 Å². The summed E-state index contributed by atoms with van der Waals surface area (Å²) in [6.07, 6.45) is 4.82. The molecule has 12 rings (SSSR count). The zero-order valence-electron chi connectivity index (χ0n) is 38.9. The molecule has 5 aromatic carbocycles. The highest BCUT2D eigenvalue weighted by atomic mass is 32.1. The standard InChI is InChI=1S/C54H49N13O2S/c1-29(2)56-53(68)45-21-31-12-14-39(26-44(31)60-45)66-18-16-36(28-66)58-35-13-15-43-41(24-35)49(65-63-43)42-25-37(20-34-27-55-64-48(34)42)59-51-40-17-19-67(38-8-6-5-7-9-38)52(40)62-50(61-51)33-11-10-32-22-47(70-46(32)23-33)54(69)57-30(3)4/h5-15,17,19-27,29-30,36,58,60H,16,18,28H2,1-4H3,(H,55,64)(H,56,68)(H,57,69)(H,63,65)(H,59,61,62). The van der Waals surface area contributed by atoms with Crippen LogP contribution in [0.2, 0.25) is 0 Å². The van der Waals surface area contributed by atoms with E-state index in [0.29, 0.717) is 22.2 Å². The van der Waals surface area contributed by atoms with Crippen molar-refractivity contribution >= 4 is 99.9 Å². The van der Waals surface area contributed by atoms with Crippen molar-refractivity contribution in [2.45, 2.75) is 52.2 Å². The number of thiophene rings is 1. The van der Waals surface area contributed by atoms with Crippen LogP contribution < -0.4 is 26.2 Å². The number of hydrogen-bond acceptors (Lipinski definition) is 10. The lowest BCUT2D eigenvalue weighted by atomic mass is 10.0. The number of aromatic nitrogens is 8. The number of fused-ring (bicyclic) bond motifs is 5. The SMILES string of the molecule is CC(C)NC(=O)c1cc2ccc(N3CCC(Nc4ccc5[nH]nc(-c6cc(Nc7nc(-c8ccc9cc(C(=O)NC(C)C)sc9c8)nc8c7ccn8-c7ccccc7)cc7cn[nH]c67)c5c4)C3)cc2[nH]1. The van der Waals surface area contributed by atoms with Gasteiger partial charge in [0.15, 0.2) is 11.5 Å². The van der Waals surface area contributed by atoms with Crippen molar-refractivity contribution in [3.8, 4) is 28.3 Å². The summed E-state index contributed by atoms with van der Waals surface area (Å²) < 4.78 is 3.05. The van der Waals surface area contributed by atoms with Crippen LogP contribution in [0.15, 0.2) is 128 Å². The topological polar surface area (TPSA) is 189 Å². The minimum Gasteiger partial charge on any atom is -0.380 e. The van der Waals surface area contributed by atoms with Crippen LogP contribution in [0, 0.1) is 0 Å². The van der Waals surface area contributed by atoms with Crippen molar-refractivity contribution < 1.29 is 9.59 Å². The molecule has 348 valence electrons. The van der Waals surface area contributed by atoms with Gasteiger partial charge in [-0.15, -0.1) is 11.3 Å². The smallest absolute Gasteiger partial charge is 0.267 e. The number of benzene rings is 5. The lowest BCUT2D eigenvalue weighted by Crippen LogP contribution is -2.30. The number of nitrogens with one attached hydrogen (secondary N) is 7. The number of H-pyrrole nitrogens is 3. The number of carbonyl (C=O) groups excluding carboxylic acids is 2. The van der Waals surface area contributed by atoms with Crippen molar-refractivity contribution in [1.29, 1.82) is 0 Å². The summed E-state index contributed by atoms with van der Waals surface area (Å²) in [5.41, 5.74) is 10.5. The Hall–Kier alpha value is -8.50. The Labute approximate surface area is 405 Å². The van der Waals surface area contributed by atoms with Gasteiger partial charge in [0.05, 0.1) is 27.5 Å². The largest absolute Gasteiger partial charge is 0.380 e. The molecular weight excluding hydrogens is 895 g/mol. The Bertz CT molecular complexity index is 3800. The van der Waals surface area contributed by atoms with E-state index in [-0.39, 0.29) is 29.9 Å². The fourth-order valence-corrected chi connectivity index (χ4v) is 10.5. The van der Waals surface area contributed by atoms with Gasteiger partial charge in [0, 0.05) is 97.7 Å². The number of anilines is 4. The van der Waals surface area contributed by atoms with Gasteiger partial charge in [-0.25, -0.2) is 9.97 Å². The molecule has 1 aliphatic rings. The highest BCUT2D eigenvalue weighted by Gasteiger charge is 2.25. The van der Waals surface area contributed by atoms with Crippen LogP contribution in [0.1, 0.15) is 54.3 Å². The van der Waals surface area contributed by atoms with Gasteiger partial charge in [-0.2, -0.15) is 10.2 Å². The normalized spacial score (nSPS) is 14.0. The van der Waals surface area contributed by atoms with E-state index in [1.807, 2.05) is 88.6 Å². The van der Waals surface area contributed by atoms with Gasteiger partial charge in [0.25, 0.3) is 11.8 Å². The quantitative estimate of drug-likeness (QED) is 0.0625. The molecule has 7 N–H and O–H groups in total. The van der Waals surface area contributed by atoms with E-state index < -0.39 is 0 Å². The molecular formula is C54H49N13O2S. The van der Waals surface area contributed by atoms with Crippen molar-refractivity contribution in [1.82, 2.24) is 50.5 Å². The number of para-hydroxylation sites is 1. The molecule has 0 bridgehead atoms. The molecule has 11 aromatic rings. The van der Waals surface area contributed by atoms with Gasteiger partial charge in [0.2, 0.25) is 0 Å². The number of rotatable bonds is 12. The molecule has 0 radical (unpaired) electrons. The number of amides is 2. The van der Waals surface area contributed by atoms with Crippen LogP contribution in [0.3, 0.4) is 0 Å². The summed E-state index contributed by atoms with van der Waals surface area (Å²) >= 11 is 1.46. The van der Waals surface area contributed by atoms with E-state index in [9.17, 15) is 9.59 Å². The molecule has 0 saturated carbocycles. The van der Waals surface area contributed by atoms with Gasteiger partial charge in [-0.3, -0.25) is 19.8 Å². The lowest BCUT2D eigenvalue weighted by Gasteiger charge is -2.20. The first-order chi connectivity index (χ1) is 34.1. The molecule has 15 nitrogen and oxygen atoms in total. The summed E-state index contributed by atoms with van der Waals surface area (Å²) in [7, 11) is 0. The first kappa shape index (κ1) is 42.8. The molecule has 1 saturated heterocycles. The highest BCUT2D eigenvalue weighted by Crippen LogP contribution is 2.38. The minimum absolute atomic E-state index is 0.0383. The monoisotopic (exact) mass is 943 g/mol. The predicted molar refractivity (Wildman–Crippen MR) is 282 cm³/mol. The Morgan fingerprint density at radius 3 is 2.44 bits per heavy atom. The Kier molecular flexibility index (Phi) is 10.5. The van der Waals surface area contributed by atoms with Gasteiger partial charge in [-0.05, 0) is 118 Å². The number of carbonyl (C=O) groups is 2. The van der Waals surface area contributed by atoms with Crippen molar-refractivity contribution in [3.63, 3.8) is 0 Å². The fourth-order valence-electron chi connectivity index (χ4n) is 9.54. The van der Waals surface area contributed by atoms with Crippen LogP contribution in [0.5, 0.6) is 0 Å². The summed E-state index contributed by atoms with van der Waals surface area (Å²) in [6.45, 7) is 9.57. The number of nitrogens with zero attached hydrogens (tertiary/aromatic N) is 6. The molecule has 2 amide bonds. The average Bonchev–Trinajstić information content (AvgIpc) is 4.22. The molecule has 70 heavy (non-hydrogen) atoms. The molecule has 1 atom stereocenters. The lowest BCUT2D eigenvalue weighted by molar-refractivity contribution is 0.0933. The molecule has 1 unspecified atom stereocenters. The van der Waals surface area contributed by atoms with Crippen LogP contribution in [0.25, 0.3) is 82.2 Å². The molecule has 6 aromatic heterocycles. The van der Waals surface area contributed by atoms with Crippen LogP contribution in [-0.2, 0) is 0 Å². The van der Waals surface area contributed by atoms with E-state index >= 15 is 0 Å². The maximum Gasteiger partial charge on any atom is 0.267 e. The summed E-state index contributed by atoms with van der Waals surface area (Å²) in [5.74, 6) is 1.01. The zero-order chi connectivity index (χ0) is 47.6. The fraction of sp³-hybridized carbons (Fsp3) is 0.185. The van der Waals surface area contributed by atoms with Crippen molar-refractivity contribution in [3.05, 3.63) is 138 Å². The van der Waals surface area contributed by atoms with Gasteiger partial charge in [0.1, 0.15) is 17.2 Å². The molecule has 16 heteroatoms.